The van der Waals surface area contributed by atoms with Gasteiger partial charge in [0.25, 0.3) is 5.91 Å². The third-order valence-corrected chi connectivity index (χ3v) is 5.13. The van der Waals surface area contributed by atoms with E-state index in [1.54, 1.807) is 32.9 Å². The molecular weight excluding hydrogens is 372 g/mol. The maximum atomic E-state index is 13.1. The third-order valence-electron chi connectivity index (χ3n) is 5.13. The van der Waals surface area contributed by atoms with Crippen molar-refractivity contribution in [2.75, 3.05) is 6.61 Å². The number of ether oxygens (including phenoxy) is 1. The molecule has 1 aliphatic heterocycles. The fourth-order valence-corrected chi connectivity index (χ4v) is 3.56. The first-order valence-corrected chi connectivity index (χ1v) is 9.48. The molecule has 1 atom stereocenters. The van der Waals surface area contributed by atoms with E-state index in [2.05, 4.69) is 15.4 Å². The summed E-state index contributed by atoms with van der Waals surface area (Å²) in [4.78, 5) is 40.8. The van der Waals surface area contributed by atoms with Crippen LogP contribution < -0.4 is 5.32 Å². The fraction of sp³-hybridized carbons (Fsp3) is 0.333. The van der Waals surface area contributed by atoms with Crippen LogP contribution >= 0.6 is 0 Å². The van der Waals surface area contributed by atoms with Gasteiger partial charge in [0.15, 0.2) is 0 Å². The molecule has 0 aliphatic carbocycles. The molecule has 1 aliphatic rings. The molecule has 2 heterocycles. The molecule has 0 radical (unpaired) electrons. The molecule has 8 heteroatoms. The SMILES string of the molecule is CCOC(=O)c1c(C)[nH]c(/C=N/N2C(=O)N[C@@](CC)(c3ccccc3)C2=O)c1C. The minimum Gasteiger partial charge on any atom is -0.462 e. The number of hydrogen-bond donors (Lipinski definition) is 2. The molecule has 1 saturated heterocycles. The first-order chi connectivity index (χ1) is 13.9. The second kappa shape index (κ2) is 7.90. The minimum atomic E-state index is -1.15. The Kier molecular flexibility index (Phi) is 5.54. The Morgan fingerprint density at radius 3 is 2.52 bits per heavy atom. The Hall–Kier alpha value is -3.42. The van der Waals surface area contributed by atoms with Gasteiger partial charge in [0.05, 0.1) is 24.1 Å². The number of aromatic nitrogens is 1. The van der Waals surface area contributed by atoms with E-state index in [9.17, 15) is 14.4 Å². The van der Waals surface area contributed by atoms with Crippen LogP contribution in [0.1, 0.15) is 53.1 Å². The van der Waals surface area contributed by atoms with Gasteiger partial charge in [0.2, 0.25) is 0 Å². The van der Waals surface area contributed by atoms with Crippen molar-refractivity contribution in [3.63, 3.8) is 0 Å². The number of esters is 1. The monoisotopic (exact) mass is 396 g/mol. The molecule has 8 nitrogen and oxygen atoms in total. The Bertz CT molecular complexity index is 980. The van der Waals surface area contributed by atoms with E-state index in [0.29, 0.717) is 34.5 Å². The molecule has 3 amide bonds. The number of nitrogens with one attached hydrogen (secondary N) is 2. The molecule has 0 unspecified atom stereocenters. The predicted molar refractivity (Wildman–Crippen MR) is 108 cm³/mol. The van der Waals surface area contributed by atoms with Crippen molar-refractivity contribution in [1.29, 1.82) is 0 Å². The van der Waals surface area contributed by atoms with Crippen LogP contribution in [0.5, 0.6) is 0 Å². The van der Waals surface area contributed by atoms with Gasteiger partial charge < -0.3 is 15.0 Å². The predicted octanol–water partition coefficient (Wildman–Crippen LogP) is 3.00. The van der Waals surface area contributed by atoms with E-state index in [-0.39, 0.29) is 6.61 Å². The summed E-state index contributed by atoms with van der Waals surface area (Å²) >= 11 is 0. The van der Waals surface area contributed by atoms with Crippen LogP contribution in [0.4, 0.5) is 4.79 Å². The zero-order chi connectivity index (χ0) is 21.2. The molecule has 2 aromatic rings. The Morgan fingerprint density at radius 1 is 1.21 bits per heavy atom. The van der Waals surface area contributed by atoms with Crippen LogP contribution in [0.3, 0.4) is 0 Å². The number of aryl methyl sites for hydroxylation is 1. The van der Waals surface area contributed by atoms with E-state index < -0.39 is 23.4 Å². The van der Waals surface area contributed by atoms with Gasteiger partial charge in [-0.2, -0.15) is 5.10 Å². The van der Waals surface area contributed by atoms with Gasteiger partial charge >= 0.3 is 12.0 Å². The molecule has 0 saturated carbocycles. The molecule has 0 bridgehead atoms. The Morgan fingerprint density at radius 2 is 1.90 bits per heavy atom. The molecule has 29 heavy (non-hydrogen) atoms. The highest BCUT2D eigenvalue weighted by molar-refractivity contribution is 6.08. The number of benzene rings is 1. The van der Waals surface area contributed by atoms with E-state index in [1.807, 2.05) is 25.1 Å². The van der Waals surface area contributed by atoms with E-state index >= 15 is 0 Å². The van der Waals surface area contributed by atoms with Crippen molar-refractivity contribution >= 4 is 24.1 Å². The molecule has 2 N–H and O–H groups in total. The van der Waals surface area contributed by atoms with Gasteiger partial charge in [-0.05, 0) is 38.3 Å². The number of imide groups is 1. The van der Waals surface area contributed by atoms with Crippen LogP contribution in [-0.2, 0) is 15.1 Å². The van der Waals surface area contributed by atoms with E-state index in [4.69, 9.17) is 4.74 Å². The lowest BCUT2D eigenvalue weighted by atomic mass is 9.87. The van der Waals surface area contributed by atoms with Crippen LogP contribution in [-0.4, -0.2) is 40.7 Å². The third kappa shape index (κ3) is 3.41. The lowest BCUT2D eigenvalue weighted by Gasteiger charge is -2.24. The fourth-order valence-electron chi connectivity index (χ4n) is 3.56. The Balaban J connectivity index is 1.90. The summed E-state index contributed by atoms with van der Waals surface area (Å²) in [6, 6.07) is 8.50. The highest BCUT2D eigenvalue weighted by Gasteiger charge is 2.51. The van der Waals surface area contributed by atoms with Crippen LogP contribution in [0.2, 0.25) is 0 Å². The lowest BCUT2D eigenvalue weighted by Crippen LogP contribution is -2.43. The average molecular weight is 396 g/mol. The normalized spacial score (nSPS) is 19.1. The van der Waals surface area contributed by atoms with Crippen LogP contribution in [0, 0.1) is 13.8 Å². The highest BCUT2D eigenvalue weighted by Crippen LogP contribution is 2.32. The van der Waals surface area contributed by atoms with E-state index in [1.165, 1.54) is 6.21 Å². The first kappa shape index (κ1) is 20.3. The van der Waals surface area contributed by atoms with Gasteiger partial charge in [-0.15, -0.1) is 5.01 Å². The number of carbonyl (C=O) groups is 3. The van der Waals surface area contributed by atoms with E-state index in [0.717, 1.165) is 5.01 Å². The molecule has 1 fully saturated rings. The number of amides is 3. The molecular formula is C21H24N4O4. The maximum absolute atomic E-state index is 13.1. The number of aromatic amines is 1. The molecule has 0 spiro atoms. The number of urea groups is 1. The topological polar surface area (TPSA) is 104 Å². The molecule has 152 valence electrons. The summed E-state index contributed by atoms with van der Waals surface area (Å²) < 4.78 is 5.07. The smallest absolute Gasteiger partial charge is 0.346 e. The second-order valence-electron chi connectivity index (χ2n) is 6.80. The number of H-pyrrole nitrogens is 1. The molecule has 1 aromatic heterocycles. The van der Waals surface area contributed by atoms with Gasteiger partial charge in [-0.1, -0.05) is 37.3 Å². The summed E-state index contributed by atoms with van der Waals surface area (Å²) in [5.41, 5.74) is 1.79. The minimum absolute atomic E-state index is 0.271. The quantitative estimate of drug-likeness (QED) is 0.445. The summed E-state index contributed by atoms with van der Waals surface area (Å²) in [7, 11) is 0. The number of hydrazone groups is 1. The number of nitrogens with zero attached hydrogens (tertiary/aromatic N) is 2. The van der Waals surface area contributed by atoms with Crippen molar-refractivity contribution < 1.29 is 19.1 Å². The summed E-state index contributed by atoms with van der Waals surface area (Å²) in [6.07, 6.45) is 1.76. The van der Waals surface area contributed by atoms with Gasteiger partial charge in [-0.3, -0.25) is 4.79 Å². The average Bonchev–Trinajstić information content (AvgIpc) is 3.13. The molecule has 1 aromatic carbocycles. The maximum Gasteiger partial charge on any atom is 0.346 e. The zero-order valence-electron chi connectivity index (χ0n) is 16.9. The van der Waals surface area contributed by atoms with Crippen LogP contribution in [0.25, 0.3) is 0 Å². The lowest BCUT2D eigenvalue weighted by molar-refractivity contribution is -0.131. The largest absolute Gasteiger partial charge is 0.462 e. The molecule has 3 rings (SSSR count). The van der Waals surface area contributed by atoms with Crippen LogP contribution in [0.15, 0.2) is 35.4 Å². The van der Waals surface area contributed by atoms with Crippen molar-refractivity contribution in [2.45, 2.75) is 39.7 Å². The van der Waals surface area contributed by atoms with Crippen molar-refractivity contribution in [1.82, 2.24) is 15.3 Å². The number of hydrogen-bond acceptors (Lipinski definition) is 5. The van der Waals surface area contributed by atoms with Crippen molar-refractivity contribution in [2.24, 2.45) is 5.10 Å². The van der Waals surface area contributed by atoms with Crippen molar-refractivity contribution in [3.8, 4) is 0 Å². The highest BCUT2D eigenvalue weighted by atomic mass is 16.5. The summed E-state index contributed by atoms with van der Waals surface area (Å²) in [5, 5.41) is 7.71. The van der Waals surface area contributed by atoms with Crippen molar-refractivity contribution in [3.05, 3.63) is 58.4 Å². The van der Waals surface area contributed by atoms with Gasteiger partial charge in [0, 0.05) is 5.69 Å². The Labute approximate surface area is 168 Å². The van der Waals surface area contributed by atoms with Gasteiger partial charge in [-0.25, -0.2) is 9.59 Å². The number of rotatable bonds is 6. The summed E-state index contributed by atoms with van der Waals surface area (Å²) in [5.74, 6) is -0.874. The second-order valence-corrected chi connectivity index (χ2v) is 6.80. The number of carbonyl (C=O) groups excluding carboxylic acids is 3. The summed E-state index contributed by atoms with van der Waals surface area (Å²) in [6.45, 7) is 7.35. The zero-order valence-corrected chi connectivity index (χ0v) is 16.9. The first-order valence-electron chi connectivity index (χ1n) is 9.48. The standard InChI is InChI=1S/C21H24N4O4/c1-5-21(15-10-8-7-9-11-15)19(27)25(20(28)24-21)22-12-16-13(3)17(14(4)23-16)18(26)29-6-2/h7-12,23H,5-6H2,1-4H3,(H,24,28)/b22-12+/t21-/m0/s1. The van der Waals surface area contributed by atoms with Gasteiger partial charge in [0.1, 0.15) is 5.54 Å².